The minimum absolute atomic E-state index is 0.0497. The maximum Gasteiger partial charge on any atom is 0.251 e. The van der Waals surface area contributed by atoms with Gasteiger partial charge in [-0.1, -0.05) is 29.8 Å². The molecule has 1 heterocycles. The van der Waals surface area contributed by atoms with Gasteiger partial charge in [-0.15, -0.1) is 0 Å². The average Bonchev–Trinajstić information content (AvgIpc) is 2.75. The number of carbonyl (C=O) groups is 2. The Labute approximate surface area is 176 Å². The van der Waals surface area contributed by atoms with Crippen LogP contribution in [-0.4, -0.2) is 67.0 Å². The van der Waals surface area contributed by atoms with E-state index >= 15 is 0 Å². The van der Waals surface area contributed by atoms with Crippen molar-refractivity contribution in [1.82, 2.24) is 15.1 Å². The van der Waals surface area contributed by atoms with Gasteiger partial charge in [0.25, 0.3) is 5.91 Å². The number of benzene rings is 2. The van der Waals surface area contributed by atoms with E-state index in [1.165, 1.54) is 0 Å². The van der Waals surface area contributed by atoms with Crippen LogP contribution in [-0.2, 0) is 4.79 Å². The van der Waals surface area contributed by atoms with Crippen LogP contribution in [0, 0.1) is 0 Å². The second-order valence-electron chi connectivity index (χ2n) is 7.03. The first-order chi connectivity index (χ1) is 14.0. The van der Waals surface area contributed by atoms with Gasteiger partial charge in [-0.2, -0.15) is 0 Å². The molecule has 1 saturated heterocycles. The lowest BCUT2D eigenvalue weighted by Gasteiger charge is -2.35. The van der Waals surface area contributed by atoms with Crippen LogP contribution in [0.5, 0.6) is 5.75 Å². The van der Waals surface area contributed by atoms with Crippen molar-refractivity contribution in [2.45, 2.75) is 13.0 Å². The Morgan fingerprint density at radius 1 is 1.03 bits per heavy atom. The molecule has 1 fully saturated rings. The van der Waals surface area contributed by atoms with E-state index in [0.29, 0.717) is 30.3 Å². The van der Waals surface area contributed by atoms with Gasteiger partial charge in [0.15, 0.2) is 0 Å². The Balaban J connectivity index is 1.38. The number of carbonyl (C=O) groups excluding carboxylic acids is 2. The molecular formula is C22H26ClN3O3. The van der Waals surface area contributed by atoms with Gasteiger partial charge in [-0.3, -0.25) is 14.5 Å². The summed E-state index contributed by atoms with van der Waals surface area (Å²) >= 11 is 5.87. The summed E-state index contributed by atoms with van der Waals surface area (Å²) in [6.45, 7) is 5.97. The topological polar surface area (TPSA) is 61.9 Å². The van der Waals surface area contributed by atoms with Gasteiger partial charge in [0.05, 0.1) is 0 Å². The van der Waals surface area contributed by atoms with E-state index in [2.05, 4.69) is 10.2 Å². The fraction of sp³-hybridized carbons (Fsp3) is 0.364. The van der Waals surface area contributed by atoms with Crippen LogP contribution in [0.4, 0.5) is 0 Å². The summed E-state index contributed by atoms with van der Waals surface area (Å²) in [7, 11) is 0. The molecule has 1 unspecified atom stereocenters. The molecule has 7 heteroatoms. The fourth-order valence-corrected chi connectivity index (χ4v) is 3.35. The quantitative estimate of drug-likeness (QED) is 0.755. The molecule has 0 radical (unpaired) electrons. The van der Waals surface area contributed by atoms with Crippen molar-refractivity contribution in [3.63, 3.8) is 0 Å². The molecule has 0 saturated carbocycles. The minimum atomic E-state index is -0.553. The van der Waals surface area contributed by atoms with Gasteiger partial charge in [-0.25, -0.2) is 0 Å². The van der Waals surface area contributed by atoms with Crippen LogP contribution in [0.25, 0.3) is 0 Å². The number of hydrogen-bond acceptors (Lipinski definition) is 4. The third-order valence-electron chi connectivity index (χ3n) is 4.93. The lowest BCUT2D eigenvalue weighted by atomic mass is 10.2. The van der Waals surface area contributed by atoms with Gasteiger partial charge in [0.2, 0.25) is 5.91 Å². The van der Waals surface area contributed by atoms with E-state index in [4.69, 9.17) is 16.3 Å². The number of hydrogen-bond donors (Lipinski definition) is 1. The van der Waals surface area contributed by atoms with E-state index in [1.54, 1.807) is 43.3 Å². The van der Waals surface area contributed by atoms with E-state index in [9.17, 15) is 9.59 Å². The Hall–Kier alpha value is -2.57. The van der Waals surface area contributed by atoms with Crippen LogP contribution in [0.3, 0.4) is 0 Å². The predicted octanol–water partition coefficient (Wildman–Crippen LogP) is 2.68. The van der Waals surface area contributed by atoms with Crippen LogP contribution < -0.4 is 10.1 Å². The fourth-order valence-electron chi connectivity index (χ4n) is 3.22. The first kappa shape index (κ1) is 21.1. The molecule has 29 heavy (non-hydrogen) atoms. The van der Waals surface area contributed by atoms with Gasteiger partial charge in [-0.05, 0) is 43.3 Å². The highest BCUT2D eigenvalue weighted by Crippen LogP contribution is 2.15. The second-order valence-corrected chi connectivity index (χ2v) is 7.47. The summed E-state index contributed by atoms with van der Waals surface area (Å²) in [5, 5.41) is 3.48. The minimum Gasteiger partial charge on any atom is -0.492 e. The van der Waals surface area contributed by atoms with Crippen molar-refractivity contribution in [3.8, 4) is 5.75 Å². The normalized spacial score (nSPS) is 15.6. The van der Waals surface area contributed by atoms with Crippen molar-refractivity contribution in [3.05, 3.63) is 65.2 Å². The molecule has 6 nitrogen and oxygen atoms in total. The van der Waals surface area contributed by atoms with Crippen molar-refractivity contribution in [2.75, 3.05) is 39.3 Å². The highest BCUT2D eigenvalue weighted by atomic mass is 35.5. The number of halogens is 1. The molecule has 2 amide bonds. The molecule has 2 aromatic carbocycles. The smallest absolute Gasteiger partial charge is 0.251 e. The Morgan fingerprint density at radius 2 is 1.69 bits per heavy atom. The summed E-state index contributed by atoms with van der Waals surface area (Å²) in [4.78, 5) is 29.0. The number of piperazine rings is 1. The van der Waals surface area contributed by atoms with E-state index in [-0.39, 0.29) is 11.8 Å². The second kappa shape index (κ2) is 10.3. The Kier molecular flexibility index (Phi) is 7.49. The zero-order chi connectivity index (χ0) is 20.6. The molecule has 3 rings (SSSR count). The van der Waals surface area contributed by atoms with Gasteiger partial charge < -0.3 is 15.0 Å². The van der Waals surface area contributed by atoms with Crippen LogP contribution in [0.2, 0.25) is 5.02 Å². The van der Waals surface area contributed by atoms with E-state index in [0.717, 1.165) is 25.4 Å². The molecule has 0 aliphatic carbocycles. The molecule has 1 atom stereocenters. The maximum absolute atomic E-state index is 12.7. The number of nitrogens with one attached hydrogen (secondary N) is 1. The summed E-state index contributed by atoms with van der Waals surface area (Å²) < 4.78 is 5.73. The van der Waals surface area contributed by atoms with Gasteiger partial charge in [0.1, 0.15) is 18.4 Å². The van der Waals surface area contributed by atoms with Crippen molar-refractivity contribution in [2.24, 2.45) is 0 Å². The number of amides is 2. The highest BCUT2D eigenvalue weighted by Gasteiger charge is 2.26. The molecule has 2 aromatic rings. The monoisotopic (exact) mass is 415 g/mol. The molecular weight excluding hydrogens is 390 g/mol. The molecule has 0 spiro atoms. The first-order valence-electron chi connectivity index (χ1n) is 9.78. The lowest BCUT2D eigenvalue weighted by molar-refractivity contribution is -0.134. The Morgan fingerprint density at radius 3 is 2.34 bits per heavy atom. The molecule has 0 bridgehead atoms. The van der Waals surface area contributed by atoms with Crippen LogP contribution >= 0.6 is 11.6 Å². The molecule has 1 aliphatic heterocycles. The first-order valence-corrected chi connectivity index (χ1v) is 10.2. The number of rotatable bonds is 7. The summed E-state index contributed by atoms with van der Waals surface area (Å²) in [5.41, 5.74) is 0.553. The standard InChI is InChI=1S/C22H26ClN3O3/c1-17(24-21(27)18-5-3-2-4-6-18)22(28)26-13-11-25(12-14-26)15-16-29-20-9-7-19(23)8-10-20/h2-10,17H,11-16H2,1H3,(H,24,27). The summed E-state index contributed by atoms with van der Waals surface area (Å²) in [6, 6.07) is 15.7. The van der Waals surface area contributed by atoms with Crippen LogP contribution in [0.15, 0.2) is 54.6 Å². The van der Waals surface area contributed by atoms with Crippen molar-refractivity contribution >= 4 is 23.4 Å². The average molecular weight is 416 g/mol. The summed E-state index contributed by atoms with van der Waals surface area (Å²) in [6.07, 6.45) is 0. The van der Waals surface area contributed by atoms with Gasteiger partial charge in [0, 0.05) is 43.3 Å². The third-order valence-corrected chi connectivity index (χ3v) is 5.18. The van der Waals surface area contributed by atoms with Gasteiger partial charge >= 0.3 is 0 Å². The zero-order valence-corrected chi connectivity index (χ0v) is 17.3. The maximum atomic E-state index is 12.7. The van der Waals surface area contributed by atoms with E-state index < -0.39 is 6.04 Å². The van der Waals surface area contributed by atoms with E-state index in [1.807, 2.05) is 23.1 Å². The summed E-state index contributed by atoms with van der Waals surface area (Å²) in [5.74, 6) is 0.516. The zero-order valence-electron chi connectivity index (χ0n) is 16.5. The number of nitrogens with zero attached hydrogens (tertiary/aromatic N) is 2. The van der Waals surface area contributed by atoms with Crippen molar-refractivity contribution < 1.29 is 14.3 Å². The SMILES string of the molecule is CC(NC(=O)c1ccccc1)C(=O)N1CCN(CCOc2ccc(Cl)cc2)CC1. The third kappa shape index (κ3) is 6.21. The van der Waals surface area contributed by atoms with Crippen LogP contribution in [0.1, 0.15) is 17.3 Å². The van der Waals surface area contributed by atoms with Crippen molar-refractivity contribution in [1.29, 1.82) is 0 Å². The Bertz CT molecular complexity index is 806. The highest BCUT2D eigenvalue weighted by molar-refractivity contribution is 6.30. The number of ether oxygens (including phenoxy) is 1. The molecule has 154 valence electrons. The predicted molar refractivity (Wildman–Crippen MR) is 113 cm³/mol. The molecule has 1 aliphatic rings. The lowest BCUT2D eigenvalue weighted by Crippen LogP contribution is -2.54. The molecule has 0 aromatic heterocycles. The largest absolute Gasteiger partial charge is 0.492 e. The molecule has 1 N–H and O–H groups in total.